The SMILES string of the molecule is CCc1c(N2CCN(C(=O)c3ncnc(C)c3O)CC2)c(=O)n2nc(-c3ccc4c(c3)CCO4)nc2n1CC(=O)NC12CC(C1)C(C(F)(F)C(F)(F)F)C2. The van der Waals surface area contributed by atoms with Crippen molar-refractivity contribution in [1.82, 2.24) is 39.3 Å². The van der Waals surface area contributed by atoms with Crippen LogP contribution >= 0.6 is 0 Å². The minimum absolute atomic E-state index is 0.00696. The molecule has 14 nitrogen and oxygen atoms in total. The molecular weight excluding hydrogens is 721 g/mol. The monoisotopic (exact) mass is 757 g/mol. The van der Waals surface area contributed by atoms with Crippen LogP contribution in [-0.2, 0) is 24.2 Å². The second-order valence-corrected chi connectivity index (χ2v) is 14.5. The van der Waals surface area contributed by atoms with Gasteiger partial charge in [0, 0.05) is 49.6 Å². The molecule has 3 aromatic heterocycles. The highest BCUT2D eigenvalue weighted by atomic mass is 19.4. The molecular formula is C35H36F5N9O5. The van der Waals surface area contributed by atoms with Crippen LogP contribution in [0.2, 0.25) is 0 Å². The van der Waals surface area contributed by atoms with Gasteiger partial charge in [0.15, 0.2) is 17.3 Å². The third kappa shape index (κ3) is 5.69. The summed E-state index contributed by atoms with van der Waals surface area (Å²) >= 11 is 0. The number of hydrogen-bond donors (Lipinski definition) is 2. The van der Waals surface area contributed by atoms with Gasteiger partial charge in [-0.05, 0) is 62.3 Å². The predicted molar refractivity (Wildman–Crippen MR) is 181 cm³/mol. The van der Waals surface area contributed by atoms with Crippen molar-refractivity contribution in [2.24, 2.45) is 11.8 Å². The number of nitrogens with one attached hydrogen (secondary N) is 1. The number of benzene rings is 1. The van der Waals surface area contributed by atoms with Crippen molar-refractivity contribution in [1.29, 1.82) is 0 Å². The first kappa shape index (κ1) is 35.7. The van der Waals surface area contributed by atoms with E-state index in [1.807, 2.05) is 6.07 Å². The molecule has 1 atom stereocenters. The molecule has 2 amide bonds. The summed E-state index contributed by atoms with van der Waals surface area (Å²) in [6.45, 7) is 4.16. The Morgan fingerprint density at radius 1 is 1.07 bits per heavy atom. The molecule has 54 heavy (non-hydrogen) atoms. The summed E-state index contributed by atoms with van der Waals surface area (Å²) < 4.78 is 76.7. The molecule has 5 aliphatic rings. The topological polar surface area (TPSA) is 160 Å². The van der Waals surface area contributed by atoms with E-state index < -0.39 is 59.8 Å². The standard InChI is InChI=1S/C35H36F5N9O5/c1-3-23-27(46-7-9-47(10-8-46)30(52)26-28(51)18(2)41-17-42-26)31(53)49-32(43-29(45-49)20-4-5-24-19(12-20)6-11-54-24)48(23)16-25(50)44-33-13-21(14-33)22(15-33)34(36,37)35(38,39)40/h4-5,12,17,21-22,51H,3,6-11,13-16H2,1-2H3,(H,44,50). The van der Waals surface area contributed by atoms with Gasteiger partial charge in [-0.2, -0.15) is 31.5 Å². The quantitative estimate of drug-likeness (QED) is 0.256. The molecule has 9 rings (SSSR count). The van der Waals surface area contributed by atoms with Crippen molar-refractivity contribution in [3.63, 3.8) is 0 Å². The van der Waals surface area contributed by atoms with E-state index in [9.17, 15) is 41.4 Å². The maximum Gasteiger partial charge on any atom is 0.453 e. The second-order valence-electron chi connectivity index (χ2n) is 14.5. The van der Waals surface area contributed by atoms with Crippen molar-refractivity contribution in [2.75, 3.05) is 37.7 Å². The van der Waals surface area contributed by atoms with Crippen LogP contribution in [0.4, 0.5) is 27.6 Å². The lowest BCUT2D eigenvalue weighted by Gasteiger charge is -2.40. The van der Waals surface area contributed by atoms with Gasteiger partial charge in [0.2, 0.25) is 11.7 Å². The Labute approximate surface area is 304 Å². The van der Waals surface area contributed by atoms with E-state index in [1.165, 1.54) is 15.8 Å². The fourth-order valence-electron chi connectivity index (χ4n) is 8.53. The van der Waals surface area contributed by atoms with Crippen LogP contribution in [0, 0.1) is 18.8 Å². The van der Waals surface area contributed by atoms with Gasteiger partial charge < -0.3 is 29.5 Å². The van der Waals surface area contributed by atoms with Crippen molar-refractivity contribution < 1.29 is 41.4 Å². The third-order valence-corrected chi connectivity index (χ3v) is 11.2. The Bertz CT molecular complexity index is 2240. The summed E-state index contributed by atoms with van der Waals surface area (Å²) in [5, 5.41) is 17.7. The summed E-state index contributed by atoms with van der Waals surface area (Å²) in [4.78, 5) is 57.2. The second kappa shape index (κ2) is 12.6. The number of fused-ring (bicyclic) bond motifs is 3. The van der Waals surface area contributed by atoms with Gasteiger partial charge in [-0.3, -0.25) is 14.4 Å². The molecule has 2 aliphatic heterocycles. The molecule has 2 N–H and O–H groups in total. The lowest BCUT2D eigenvalue weighted by molar-refractivity contribution is -0.305. The van der Waals surface area contributed by atoms with Crippen LogP contribution in [0.25, 0.3) is 17.2 Å². The molecule has 0 spiro atoms. The van der Waals surface area contributed by atoms with Crippen LogP contribution in [-0.4, -0.2) is 101 Å². The molecule has 1 aromatic carbocycles. The van der Waals surface area contributed by atoms with E-state index >= 15 is 0 Å². The number of piperazine rings is 1. The zero-order chi connectivity index (χ0) is 38.3. The predicted octanol–water partition coefficient (Wildman–Crippen LogP) is 3.30. The zero-order valence-electron chi connectivity index (χ0n) is 29.3. The van der Waals surface area contributed by atoms with E-state index in [-0.39, 0.29) is 79.9 Å². The fraction of sp³-hybridized carbons (Fsp3) is 0.514. The molecule has 0 radical (unpaired) electrons. The van der Waals surface area contributed by atoms with Gasteiger partial charge in [0.1, 0.15) is 24.3 Å². The Balaban J connectivity index is 1.12. The van der Waals surface area contributed by atoms with Crippen molar-refractivity contribution >= 4 is 23.3 Å². The lowest BCUT2D eigenvalue weighted by atomic mass is 9.75. The largest absolute Gasteiger partial charge is 0.504 e. The van der Waals surface area contributed by atoms with Gasteiger partial charge in [0.25, 0.3) is 11.5 Å². The molecule has 2 bridgehead atoms. The van der Waals surface area contributed by atoms with E-state index in [0.717, 1.165) is 15.8 Å². The molecule has 4 fully saturated rings. The summed E-state index contributed by atoms with van der Waals surface area (Å²) in [6.07, 6.45) is -4.08. The maximum absolute atomic E-state index is 14.4. The first-order chi connectivity index (χ1) is 25.6. The van der Waals surface area contributed by atoms with E-state index in [2.05, 4.69) is 20.4 Å². The third-order valence-electron chi connectivity index (χ3n) is 11.2. The fourth-order valence-corrected chi connectivity index (χ4v) is 8.53. The number of hydrogen-bond acceptors (Lipinski definition) is 10. The van der Waals surface area contributed by atoms with Gasteiger partial charge >= 0.3 is 12.1 Å². The van der Waals surface area contributed by atoms with Gasteiger partial charge in [-0.1, -0.05) is 6.92 Å². The summed E-state index contributed by atoms with van der Waals surface area (Å²) in [5.74, 6) is -8.15. The number of aromatic nitrogens is 6. The Morgan fingerprint density at radius 2 is 1.81 bits per heavy atom. The molecule has 5 heterocycles. The Hall–Kier alpha value is -5.36. The lowest BCUT2D eigenvalue weighted by Crippen LogP contribution is -2.53. The van der Waals surface area contributed by atoms with Gasteiger partial charge in [-0.25, -0.2) is 9.97 Å². The number of aromatic hydroxyl groups is 1. The zero-order valence-corrected chi connectivity index (χ0v) is 29.3. The first-order valence-corrected chi connectivity index (χ1v) is 17.7. The number of carbonyl (C=O) groups excluding carboxylic acids is 2. The van der Waals surface area contributed by atoms with Crippen molar-refractivity contribution in [3.8, 4) is 22.9 Å². The Morgan fingerprint density at radius 3 is 2.52 bits per heavy atom. The number of anilines is 1. The van der Waals surface area contributed by atoms with Crippen molar-refractivity contribution in [3.05, 3.63) is 57.5 Å². The Kier molecular flexibility index (Phi) is 8.33. The molecule has 286 valence electrons. The van der Waals surface area contributed by atoms with E-state index in [4.69, 9.17) is 9.72 Å². The number of ether oxygens (including phenoxy) is 1. The highest BCUT2D eigenvalue weighted by molar-refractivity contribution is 5.95. The minimum Gasteiger partial charge on any atom is -0.504 e. The van der Waals surface area contributed by atoms with Crippen LogP contribution in [0.1, 0.15) is 53.6 Å². The number of carbonyl (C=O) groups is 2. The van der Waals surface area contributed by atoms with Gasteiger partial charge in [0.05, 0.1) is 18.0 Å². The van der Waals surface area contributed by atoms with E-state index in [0.29, 0.717) is 24.3 Å². The van der Waals surface area contributed by atoms with Crippen LogP contribution < -0.4 is 20.5 Å². The molecule has 3 aliphatic carbocycles. The smallest absolute Gasteiger partial charge is 0.453 e. The number of aryl methyl sites for hydroxylation is 1. The van der Waals surface area contributed by atoms with Gasteiger partial charge in [-0.15, -0.1) is 5.10 Å². The van der Waals surface area contributed by atoms with Crippen LogP contribution in [0.15, 0.2) is 29.3 Å². The number of amides is 2. The van der Waals surface area contributed by atoms with Crippen molar-refractivity contribution in [2.45, 2.75) is 70.1 Å². The molecule has 1 unspecified atom stereocenters. The first-order valence-electron chi connectivity index (χ1n) is 17.7. The number of rotatable bonds is 8. The molecule has 19 heteroatoms. The van der Waals surface area contributed by atoms with Crippen LogP contribution in [0.5, 0.6) is 11.5 Å². The average molecular weight is 758 g/mol. The van der Waals surface area contributed by atoms with E-state index in [1.54, 1.807) is 30.9 Å². The number of halogens is 5. The number of nitrogens with zero attached hydrogens (tertiary/aromatic N) is 8. The normalized spacial score (nSPS) is 22.3. The highest BCUT2D eigenvalue weighted by Crippen LogP contribution is 2.62. The molecule has 3 saturated carbocycles. The molecule has 1 saturated heterocycles. The summed E-state index contributed by atoms with van der Waals surface area (Å²) in [7, 11) is 0. The van der Waals surface area contributed by atoms with Crippen LogP contribution in [0.3, 0.4) is 0 Å². The maximum atomic E-state index is 14.4. The highest BCUT2D eigenvalue weighted by Gasteiger charge is 2.71. The summed E-state index contributed by atoms with van der Waals surface area (Å²) in [5.41, 5.74) is 0.591. The number of alkyl halides is 5. The summed E-state index contributed by atoms with van der Waals surface area (Å²) in [6, 6.07) is 5.42. The average Bonchev–Trinajstić information content (AvgIpc) is 3.92. The minimum atomic E-state index is -5.69. The molecule has 4 aromatic rings.